The van der Waals surface area contributed by atoms with Gasteiger partial charge < -0.3 is 5.11 Å². The van der Waals surface area contributed by atoms with Crippen LogP contribution in [0.1, 0.15) is 20.8 Å². The lowest BCUT2D eigenvalue weighted by Gasteiger charge is -2.24. The second-order valence-corrected chi connectivity index (χ2v) is 6.16. The van der Waals surface area contributed by atoms with Crippen LogP contribution in [-0.4, -0.2) is 31.6 Å². The Morgan fingerprint density at radius 3 is 1.82 bits per heavy atom. The smallest absolute Gasteiger partial charge is 0.150 e. The van der Waals surface area contributed by atoms with Crippen molar-refractivity contribution in [1.29, 1.82) is 0 Å². The SMILES string of the molecule is CC(C)(C)C(O)CS(C)(=O)=O. The van der Waals surface area contributed by atoms with E-state index in [1.54, 1.807) is 0 Å². The molecular formula is C7H16O3S. The Morgan fingerprint density at radius 2 is 1.73 bits per heavy atom. The number of hydrogen-bond donors (Lipinski definition) is 1. The fourth-order valence-electron chi connectivity index (χ4n) is 0.537. The maximum absolute atomic E-state index is 10.7. The highest BCUT2D eigenvalue weighted by Crippen LogP contribution is 2.19. The first-order valence-corrected chi connectivity index (χ1v) is 5.55. The summed E-state index contributed by atoms with van der Waals surface area (Å²) in [6, 6.07) is 0. The first kappa shape index (κ1) is 10.9. The summed E-state index contributed by atoms with van der Waals surface area (Å²) in [7, 11) is -3.06. The molecule has 3 nitrogen and oxygen atoms in total. The Morgan fingerprint density at radius 1 is 1.36 bits per heavy atom. The van der Waals surface area contributed by atoms with Crippen molar-refractivity contribution in [2.75, 3.05) is 12.0 Å². The maximum Gasteiger partial charge on any atom is 0.150 e. The topological polar surface area (TPSA) is 54.4 Å². The molecule has 0 aliphatic rings. The minimum absolute atomic E-state index is 0.156. The van der Waals surface area contributed by atoms with Crippen LogP contribution in [0.15, 0.2) is 0 Å². The fourth-order valence-corrected chi connectivity index (χ4v) is 1.61. The van der Waals surface area contributed by atoms with Crippen molar-refractivity contribution in [2.24, 2.45) is 5.41 Å². The predicted octanol–water partition coefficient (Wildman–Crippen LogP) is 0.438. The van der Waals surface area contributed by atoms with Gasteiger partial charge in [-0.3, -0.25) is 0 Å². The molecule has 0 bridgehead atoms. The van der Waals surface area contributed by atoms with Gasteiger partial charge in [-0.25, -0.2) is 8.42 Å². The van der Waals surface area contributed by atoms with Gasteiger partial charge in [-0.05, 0) is 5.41 Å². The number of hydrogen-bond acceptors (Lipinski definition) is 3. The molecule has 0 radical (unpaired) electrons. The Labute approximate surface area is 68.3 Å². The first-order chi connectivity index (χ1) is 4.63. The van der Waals surface area contributed by atoms with E-state index in [0.717, 1.165) is 6.26 Å². The second kappa shape index (κ2) is 3.11. The molecule has 0 spiro atoms. The summed E-state index contributed by atoms with van der Waals surface area (Å²) < 4.78 is 21.5. The molecule has 11 heavy (non-hydrogen) atoms. The average molecular weight is 180 g/mol. The van der Waals surface area contributed by atoms with E-state index in [2.05, 4.69) is 0 Å². The van der Waals surface area contributed by atoms with E-state index in [1.165, 1.54) is 0 Å². The zero-order valence-electron chi connectivity index (χ0n) is 7.46. The van der Waals surface area contributed by atoms with Crippen LogP contribution in [0.2, 0.25) is 0 Å². The molecule has 0 saturated carbocycles. The molecule has 0 saturated heterocycles. The highest BCUT2D eigenvalue weighted by atomic mass is 32.2. The van der Waals surface area contributed by atoms with Crippen molar-refractivity contribution in [3.8, 4) is 0 Å². The Bertz CT molecular complexity index is 210. The molecule has 0 aliphatic carbocycles. The van der Waals surface area contributed by atoms with E-state index < -0.39 is 15.9 Å². The van der Waals surface area contributed by atoms with Gasteiger partial charge in [0.2, 0.25) is 0 Å². The lowest BCUT2D eigenvalue weighted by Crippen LogP contribution is -2.32. The Hall–Kier alpha value is -0.0900. The molecule has 1 atom stereocenters. The van der Waals surface area contributed by atoms with Gasteiger partial charge >= 0.3 is 0 Å². The summed E-state index contributed by atoms with van der Waals surface area (Å²) in [6.07, 6.45) is 0.347. The van der Waals surface area contributed by atoms with Gasteiger partial charge in [0.1, 0.15) is 9.84 Å². The Kier molecular flexibility index (Phi) is 3.08. The van der Waals surface area contributed by atoms with Crippen molar-refractivity contribution < 1.29 is 13.5 Å². The van der Waals surface area contributed by atoms with Crippen LogP contribution < -0.4 is 0 Å². The minimum atomic E-state index is -3.06. The third-order valence-corrected chi connectivity index (χ3v) is 2.38. The second-order valence-electron chi connectivity index (χ2n) is 3.97. The molecule has 68 valence electrons. The van der Waals surface area contributed by atoms with Gasteiger partial charge in [-0.1, -0.05) is 20.8 Å². The zero-order valence-corrected chi connectivity index (χ0v) is 8.27. The lowest BCUT2D eigenvalue weighted by atomic mass is 9.90. The molecule has 0 aliphatic heterocycles. The summed E-state index contributed by atoms with van der Waals surface area (Å²) in [5.74, 6) is -0.156. The highest BCUT2D eigenvalue weighted by Gasteiger charge is 2.25. The summed E-state index contributed by atoms with van der Waals surface area (Å²) in [5.41, 5.74) is -0.358. The maximum atomic E-state index is 10.7. The quantitative estimate of drug-likeness (QED) is 0.671. The molecular weight excluding hydrogens is 164 g/mol. The van der Waals surface area contributed by atoms with Crippen LogP contribution in [0.5, 0.6) is 0 Å². The monoisotopic (exact) mass is 180 g/mol. The fraction of sp³-hybridized carbons (Fsp3) is 1.00. The van der Waals surface area contributed by atoms with Gasteiger partial charge in [-0.15, -0.1) is 0 Å². The average Bonchev–Trinajstić information content (AvgIpc) is 1.56. The van der Waals surface area contributed by atoms with Crippen molar-refractivity contribution >= 4 is 9.84 Å². The molecule has 4 heteroatoms. The third-order valence-electron chi connectivity index (χ3n) is 1.46. The molecule has 0 aromatic carbocycles. The molecule has 0 amide bonds. The van der Waals surface area contributed by atoms with Crippen molar-refractivity contribution in [3.05, 3.63) is 0 Å². The van der Waals surface area contributed by atoms with Crippen LogP contribution in [0, 0.1) is 5.41 Å². The van der Waals surface area contributed by atoms with Gasteiger partial charge in [0.25, 0.3) is 0 Å². The van der Waals surface area contributed by atoms with E-state index in [9.17, 15) is 13.5 Å². The van der Waals surface area contributed by atoms with Gasteiger partial charge in [0, 0.05) is 6.26 Å². The van der Waals surface area contributed by atoms with E-state index in [1.807, 2.05) is 20.8 Å². The molecule has 1 N–H and O–H groups in total. The minimum Gasteiger partial charge on any atom is -0.392 e. The molecule has 1 unspecified atom stereocenters. The van der Waals surface area contributed by atoms with Gasteiger partial charge in [0.15, 0.2) is 0 Å². The summed E-state index contributed by atoms with van der Waals surface area (Å²) in [6.45, 7) is 5.43. The molecule has 0 heterocycles. The van der Waals surface area contributed by atoms with E-state index in [-0.39, 0.29) is 11.2 Å². The van der Waals surface area contributed by atoms with E-state index in [0.29, 0.717) is 0 Å². The predicted molar refractivity (Wildman–Crippen MR) is 45.2 cm³/mol. The van der Waals surface area contributed by atoms with Crippen LogP contribution in [0.25, 0.3) is 0 Å². The normalized spacial score (nSPS) is 16.5. The van der Waals surface area contributed by atoms with E-state index in [4.69, 9.17) is 0 Å². The van der Waals surface area contributed by atoms with Crippen LogP contribution in [0.4, 0.5) is 0 Å². The molecule has 0 fully saturated rings. The van der Waals surface area contributed by atoms with Crippen molar-refractivity contribution in [1.82, 2.24) is 0 Å². The third kappa shape index (κ3) is 5.21. The summed E-state index contributed by atoms with van der Waals surface area (Å²) in [4.78, 5) is 0. The van der Waals surface area contributed by atoms with Gasteiger partial charge in [0.05, 0.1) is 11.9 Å². The standard InChI is InChI=1S/C7H16O3S/c1-7(2,3)6(8)5-11(4,9)10/h6,8H,5H2,1-4H3. The number of aliphatic hydroxyl groups is 1. The number of aliphatic hydroxyl groups excluding tert-OH is 1. The van der Waals surface area contributed by atoms with Gasteiger partial charge in [-0.2, -0.15) is 0 Å². The number of rotatable bonds is 2. The summed E-state index contributed by atoms with van der Waals surface area (Å²) in [5, 5.41) is 9.34. The largest absolute Gasteiger partial charge is 0.392 e. The Balaban J connectivity index is 4.21. The number of sulfone groups is 1. The van der Waals surface area contributed by atoms with Crippen LogP contribution >= 0.6 is 0 Å². The van der Waals surface area contributed by atoms with Crippen LogP contribution in [0.3, 0.4) is 0 Å². The molecule has 0 rings (SSSR count). The van der Waals surface area contributed by atoms with Crippen LogP contribution in [-0.2, 0) is 9.84 Å². The van der Waals surface area contributed by atoms with Crippen molar-refractivity contribution in [2.45, 2.75) is 26.9 Å². The molecule has 0 aromatic rings. The molecule has 0 aromatic heterocycles. The van der Waals surface area contributed by atoms with E-state index >= 15 is 0 Å². The highest BCUT2D eigenvalue weighted by molar-refractivity contribution is 7.90. The van der Waals surface area contributed by atoms with Crippen molar-refractivity contribution in [3.63, 3.8) is 0 Å². The first-order valence-electron chi connectivity index (χ1n) is 3.49. The zero-order chi connectivity index (χ0) is 9.28. The summed E-state index contributed by atoms with van der Waals surface area (Å²) >= 11 is 0. The lowest BCUT2D eigenvalue weighted by molar-refractivity contribution is 0.0828.